The lowest BCUT2D eigenvalue weighted by atomic mass is 10.1. The molecule has 144 valence electrons. The Kier molecular flexibility index (Phi) is 6.39. The zero-order valence-corrected chi connectivity index (χ0v) is 16.4. The number of nitrogens with one attached hydrogen (secondary N) is 1. The molecule has 0 bridgehead atoms. The highest BCUT2D eigenvalue weighted by atomic mass is 32.1. The van der Waals surface area contributed by atoms with E-state index in [2.05, 4.69) is 9.97 Å². The monoisotopic (exact) mass is 394 g/mol. The first-order valence-electron chi connectivity index (χ1n) is 8.99. The standard InChI is InChI=1S/C21H22N4O2S/c1-15-18(19(28)24-20(22)23-15)13-8-14-25(16-9-4-2-5-10-16)21(26)27-17-11-6-3-7-12-17/h2-7,9-12H,8,13-14H2,1H3,(H3,22,23,24,28). The van der Waals surface area contributed by atoms with Gasteiger partial charge in [-0.1, -0.05) is 48.6 Å². The summed E-state index contributed by atoms with van der Waals surface area (Å²) >= 11 is 5.32. The molecule has 7 heteroatoms. The van der Waals surface area contributed by atoms with Crippen LogP contribution in [0, 0.1) is 11.6 Å². The third-order valence-electron chi connectivity index (χ3n) is 4.29. The molecule has 2 aromatic carbocycles. The van der Waals surface area contributed by atoms with Gasteiger partial charge in [-0.25, -0.2) is 9.78 Å². The van der Waals surface area contributed by atoms with E-state index in [0.29, 0.717) is 35.7 Å². The van der Waals surface area contributed by atoms with Crippen molar-refractivity contribution < 1.29 is 9.53 Å². The van der Waals surface area contributed by atoms with Gasteiger partial charge in [-0.3, -0.25) is 4.90 Å². The molecule has 0 aliphatic carbocycles. The van der Waals surface area contributed by atoms with Crippen molar-refractivity contribution in [3.8, 4) is 5.75 Å². The number of anilines is 2. The van der Waals surface area contributed by atoms with Gasteiger partial charge in [0.25, 0.3) is 0 Å². The number of nitrogen functional groups attached to an aromatic ring is 1. The van der Waals surface area contributed by atoms with Gasteiger partial charge in [-0.05, 0) is 44.0 Å². The minimum Gasteiger partial charge on any atom is -0.410 e. The molecule has 3 rings (SSSR count). The fourth-order valence-electron chi connectivity index (χ4n) is 2.92. The predicted octanol–water partition coefficient (Wildman–Crippen LogP) is 4.67. The highest BCUT2D eigenvalue weighted by molar-refractivity contribution is 7.71. The zero-order valence-electron chi connectivity index (χ0n) is 15.6. The average molecular weight is 394 g/mol. The van der Waals surface area contributed by atoms with Crippen molar-refractivity contribution in [3.05, 3.63) is 76.6 Å². The van der Waals surface area contributed by atoms with Crippen molar-refractivity contribution in [2.45, 2.75) is 19.8 Å². The van der Waals surface area contributed by atoms with Crippen LogP contribution in [0.15, 0.2) is 60.7 Å². The molecule has 0 atom stereocenters. The number of aromatic amines is 1. The molecule has 3 aromatic rings. The molecule has 0 fully saturated rings. The van der Waals surface area contributed by atoms with E-state index >= 15 is 0 Å². The SMILES string of the molecule is Cc1[nH]c(N)nc(=S)c1CCCN(C(=O)Oc1ccccc1)c1ccccc1. The van der Waals surface area contributed by atoms with E-state index in [1.807, 2.05) is 55.5 Å². The number of aromatic nitrogens is 2. The van der Waals surface area contributed by atoms with Crippen molar-refractivity contribution in [2.75, 3.05) is 17.2 Å². The Bertz CT molecular complexity index is 990. The number of amides is 1. The first kappa shape index (κ1) is 19.6. The highest BCUT2D eigenvalue weighted by Gasteiger charge is 2.18. The second kappa shape index (κ2) is 9.14. The van der Waals surface area contributed by atoms with Crippen molar-refractivity contribution >= 4 is 29.9 Å². The van der Waals surface area contributed by atoms with Crippen LogP contribution in [-0.2, 0) is 6.42 Å². The molecule has 0 spiro atoms. The molecule has 0 radical (unpaired) electrons. The highest BCUT2D eigenvalue weighted by Crippen LogP contribution is 2.19. The summed E-state index contributed by atoms with van der Waals surface area (Å²) in [5.41, 5.74) is 8.31. The smallest absolute Gasteiger partial charge is 0.410 e. The van der Waals surface area contributed by atoms with Crippen molar-refractivity contribution in [2.24, 2.45) is 0 Å². The molecule has 1 heterocycles. The van der Waals surface area contributed by atoms with Crippen LogP contribution in [-0.4, -0.2) is 22.6 Å². The molecule has 0 saturated heterocycles. The van der Waals surface area contributed by atoms with E-state index in [1.165, 1.54) is 0 Å². The Morgan fingerprint density at radius 3 is 2.43 bits per heavy atom. The first-order chi connectivity index (χ1) is 13.5. The number of carbonyl (C=O) groups is 1. The van der Waals surface area contributed by atoms with E-state index in [1.54, 1.807) is 17.0 Å². The molecule has 0 aliphatic heterocycles. The van der Waals surface area contributed by atoms with Crippen LogP contribution in [0.2, 0.25) is 0 Å². The Labute approximate surface area is 169 Å². The van der Waals surface area contributed by atoms with E-state index in [0.717, 1.165) is 16.9 Å². The van der Waals surface area contributed by atoms with Gasteiger partial charge in [0.2, 0.25) is 0 Å². The number of H-pyrrole nitrogens is 1. The molecule has 0 unspecified atom stereocenters. The summed E-state index contributed by atoms with van der Waals surface area (Å²) in [6.45, 7) is 2.40. The maximum absolute atomic E-state index is 12.8. The van der Waals surface area contributed by atoms with Crippen LogP contribution in [0.4, 0.5) is 16.4 Å². The van der Waals surface area contributed by atoms with Gasteiger partial charge >= 0.3 is 6.09 Å². The van der Waals surface area contributed by atoms with E-state index in [9.17, 15) is 4.79 Å². The summed E-state index contributed by atoms with van der Waals surface area (Å²) in [5.74, 6) is 0.818. The second-order valence-corrected chi connectivity index (χ2v) is 6.69. The Hall–Kier alpha value is -3.19. The average Bonchev–Trinajstić information content (AvgIpc) is 2.68. The molecule has 0 aliphatic rings. The fourth-order valence-corrected chi connectivity index (χ4v) is 3.27. The van der Waals surface area contributed by atoms with Gasteiger partial charge in [0.05, 0.1) is 0 Å². The molecule has 0 saturated carbocycles. The molecule has 6 nitrogen and oxygen atoms in total. The summed E-state index contributed by atoms with van der Waals surface area (Å²) in [7, 11) is 0. The fraction of sp³-hybridized carbons (Fsp3) is 0.190. The summed E-state index contributed by atoms with van der Waals surface area (Å²) < 4.78 is 6.02. The van der Waals surface area contributed by atoms with Crippen LogP contribution < -0.4 is 15.4 Å². The Morgan fingerprint density at radius 1 is 1.14 bits per heavy atom. The normalized spacial score (nSPS) is 10.5. The molecule has 28 heavy (non-hydrogen) atoms. The Morgan fingerprint density at radius 2 is 1.79 bits per heavy atom. The topological polar surface area (TPSA) is 84.2 Å². The van der Waals surface area contributed by atoms with Crippen molar-refractivity contribution in [3.63, 3.8) is 0 Å². The predicted molar refractivity (Wildman–Crippen MR) is 113 cm³/mol. The third-order valence-corrected chi connectivity index (χ3v) is 4.63. The Balaban J connectivity index is 1.73. The van der Waals surface area contributed by atoms with Crippen LogP contribution in [0.5, 0.6) is 5.75 Å². The van der Waals surface area contributed by atoms with Crippen molar-refractivity contribution in [1.29, 1.82) is 0 Å². The van der Waals surface area contributed by atoms with Gasteiger partial charge in [-0.15, -0.1) is 0 Å². The zero-order chi connectivity index (χ0) is 19.9. The van der Waals surface area contributed by atoms with E-state index in [-0.39, 0.29) is 0 Å². The lowest BCUT2D eigenvalue weighted by molar-refractivity contribution is 0.207. The molecule has 1 aromatic heterocycles. The second-order valence-electron chi connectivity index (χ2n) is 6.30. The number of aryl methyl sites for hydroxylation is 1. The van der Waals surface area contributed by atoms with Crippen LogP contribution in [0.3, 0.4) is 0 Å². The minimum atomic E-state index is -0.422. The number of nitrogens with two attached hydrogens (primary N) is 1. The number of nitrogens with zero attached hydrogens (tertiary/aromatic N) is 2. The van der Waals surface area contributed by atoms with Gasteiger partial charge < -0.3 is 15.5 Å². The number of para-hydroxylation sites is 2. The lowest BCUT2D eigenvalue weighted by Crippen LogP contribution is -2.34. The molecule has 3 N–H and O–H groups in total. The number of carbonyl (C=O) groups excluding carboxylic acids is 1. The number of hydrogen-bond donors (Lipinski definition) is 2. The van der Waals surface area contributed by atoms with Crippen LogP contribution in [0.1, 0.15) is 17.7 Å². The number of benzene rings is 2. The number of rotatable bonds is 6. The molecular weight excluding hydrogens is 372 g/mol. The molecular formula is C21H22N4O2S. The summed E-state index contributed by atoms with van der Waals surface area (Å²) in [4.78, 5) is 21.5. The van der Waals surface area contributed by atoms with Gasteiger partial charge in [-0.2, -0.15) is 0 Å². The maximum Gasteiger partial charge on any atom is 0.419 e. The van der Waals surface area contributed by atoms with Gasteiger partial charge in [0.15, 0.2) is 5.95 Å². The lowest BCUT2D eigenvalue weighted by Gasteiger charge is -2.22. The molecule has 1 amide bonds. The number of hydrogen-bond acceptors (Lipinski definition) is 5. The maximum atomic E-state index is 12.8. The van der Waals surface area contributed by atoms with Crippen molar-refractivity contribution in [1.82, 2.24) is 9.97 Å². The summed E-state index contributed by atoms with van der Waals surface area (Å²) in [5, 5.41) is 0. The third kappa shape index (κ3) is 4.95. The van der Waals surface area contributed by atoms with Crippen LogP contribution in [0.25, 0.3) is 0 Å². The van der Waals surface area contributed by atoms with E-state index in [4.69, 9.17) is 22.7 Å². The minimum absolute atomic E-state index is 0.309. The van der Waals surface area contributed by atoms with Gasteiger partial charge in [0.1, 0.15) is 10.4 Å². The van der Waals surface area contributed by atoms with Crippen LogP contribution >= 0.6 is 12.2 Å². The quantitative estimate of drug-likeness (QED) is 0.594. The van der Waals surface area contributed by atoms with E-state index < -0.39 is 6.09 Å². The largest absolute Gasteiger partial charge is 0.419 e. The first-order valence-corrected chi connectivity index (χ1v) is 9.40. The number of ether oxygens (including phenoxy) is 1. The summed E-state index contributed by atoms with van der Waals surface area (Å²) in [6.07, 6.45) is 0.953. The van der Waals surface area contributed by atoms with Gasteiger partial charge in [0, 0.05) is 23.5 Å². The summed E-state index contributed by atoms with van der Waals surface area (Å²) in [6, 6.07) is 18.5.